The van der Waals surface area contributed by atoms with Gasteiger partial charge in [0.2, 0.25) is 0 Å². The summed E-state index contributed by atoms with van der Waals surface area (Å²) >= 11 is 0. The third-order valence-corrected chi connectivity index (χ3v) is 3.20. The normalized spacial score (nSPS) is 16.0. The number of rotatable bonds is 5. The molecular weight excluding hydrogens is 300 g/mol. The van der Waals surface area contributed by atoms with Gasteiger partial charge in [0.05, 0.1) is 5.82 Å². The third-order valence-electron chi connectivity index (χ3n) is 3.20. The van der Waals surface area contributed by atoms with Gasteiger partial charge in [0.15, 0.2) is 0 Å². The van der Waals surface area contributed by atoms with Crippen molar-refractivity contribution >= 4 is 12.4 Å². The van der Waals surface area contributed by atoms with Crippen molar-refractivity contribution in [1.29, 1.82) is 0 Å². The summed E-state index contributed by atoms with van der Waals surface area (Å²) < 4.78 is 55.8. The van der Waals surface area contributed by atoms with Crippen molar-refractivity contribution in [3.8, 4) is 5.75 Å². The zero-order chi connectivity index (χ0) is 13.9. The predicted molar refractivity (Wildman–Crippen MR) is 66.3 cm³/mol. The molecule has 0 bridgehead atoms. The minimum absolute atomic E-state index is 0. The van der Waals surface area contributed by atoms with Crippen molar-refractivity contribution < 1.29 is 73.5 Å². The average Bonchev–Trinajstić information content (AvgIpc) is 2.80. The fourth-order valence-electron chi connectivity index (χ4n) is 2.16. The summed E-state index contributed by atoms with van der Waals surface area (Å²) in [6.45, 7) is -2.19. The summed E-state index contributed by atoms with van der Waals surface area (Å²) in [7, 11) is 0. The van der Waals surface area contributed by atoms with Crippen LogP contribution in [0, 0.1) is 5.82 Å². The summed E-state index contributed by atoms with van der Waals surface area (Å²) in [5.41, 5.74) is -1.20. The maximum Gasteiger partial charge on any atom is 1.00 e. The zero-order valence-corrected chi connectivity index (χ0v) is 14.5. The Balaban J connectivity index is 0.00000200. The number of hydrogen-bond acceptors (Lipinski definition) is 2. The zero-order valence-electron chi connectivity index (χ0n) is 11.4. The molecule has 0 aromatic heterocycles. The van der Waals surface area contributed by atoms with E-state index < -0.39 is 18.3 Å². The number of hydrogen-bond donors (Lipinski definition) is 0. The van der Waals surface area contributed by atoms with Gasteiger partial charge in [-0.15, -0.1) is 0 Å². The molecule has 0 saturated carbocycles. The van der Waals surface area contributed by atoms with Crippen LogP contribution in [0.4, 0.5) is 17.3 Å². The van der Waals surface area contributed by atoms with Crippen molar-refractivity contribution in [3.63, 3.8) is 0 Å². The second-order valence-electron chi connectivity index (χ2n) is 4.66. The quantitative estimate of drug-likeness (QED) is 0.529. The Bertz CT molecular complexity index is 438. The van der Waals surface area contributed by atoms with Crippen LogP contribution in [0.2, 0.25) is 0 Å². The molecule has 0 atom stereocenters. The maximum absolute atomic E-state index is 13.3. The molecule has 1 aliphatic heterocycles. The molecule has 0 radical (unpaired) electrons. The van der Waals surface area contributed by atoms with Crippen LogP contribution < -0.4 is 61.6 Å². The second-order valence-corrected chi connectivity index (χ2v) is 4.66. The molecular formula is C12H15BF4KNO. The van der Waals surface area contributed by atoms with E-state index >= 15 is 0 Å². The van der Waals surface area contributed by atoms with E-state index in [-0.39, 0.29) is 57.1 Å². The molecule has 2 nitrogen and oxygen atoms in total. The summed E-state index contributed by atoms with van der Waals surface area (Å²) in [5, 5.41) is 0. The molecule has 1 saturated heterocycles. The standard InChI is InChI=1S/C12H15BF4NO.K/c14-12-9-10(3-4-11(12)13(15,16)17)19-8-7-18-5-1-2-6-18;/h3-4,9H,1-2,5-8H2;/q-1;+1. The summed E-state index contributed by atoms with van der Waals surface area (Å²) in [5.74, 6) is -1.13. The average molecular weight is 315 g/mol. The number of ether oxygens (including phenoxy) is 1. The Morgan fingerprint density at radius 1 is 1.15 bits per heavy atom. The van der Waals surface area contributed by atoms with Crippen molar-refractivity contribution in [2.24, 2.45) is 0 Å². The molecule has 106 valence electrons. The topological polar surface area (TPSA) is 12.5 Å². The Labute approximate surface area is 158 Å². The Hall–Kier alpha value is 0.401. The van der Waals surface area contributed by atoms with Crippen LogP contribution in [0.5, 0.6) is 5.75 Å². The fourth-order valence-corrected chi connectivity index (χ4v) is 2.16. The molecule has 1 fully saturated rings. The van der Waals surface area contributed by atoms with Crippen molar-refractivity contribution in [2.75, 3.05) is 26.2 Å². The SMILES string of the molecule is Fc1cc(OCCN2CCCC2)ccc1[B-](F)(F)F.[K+]. The van der Waals surface area contributed by atoms with Gasteiger partial charge in [0.25, 0.3) is 0 Å². The molecule has 0 spiro atoms. The van der Waals surface area contributed by atoms with Crippen LogP contribution in [0.15, 0.2) is 18.2 Å². The molecule has 0 aliphatic carbocycles. The second kappa shape index (κ2) is 8.14. The summed E-state index contributed by atoms with van der Waals surface area (Å²) in [6.07, 6.45) is 2.33. The van der Waals surface area contributed by atoms with Gasteiger partial charge in [0.1, 0.15) is 12.4 Å². The van der Waals surface area contributed by atoms with Crippen LogP contribution in [-0.4, -0.2) is 38.1 Å². The molecule has 1 aliphatic rings. The predicted octanol–water partition coefficient (Wildman–Crippen LogP) is -0.641. The minimum atomic E-state index is -5.31. The molecule has 0 unspecified atom stereocenters. The van der Waals surface area contributed by atoms with E-state index in [9.17, 15) is 17.3 Å². The van der Waals surface area contributed by atoms with Crippen LogP contribution in [0.25, 0.3) is 0 Å². The van der Waals surface area contributed by atoms with Gasteiger partial charge in [-0.25, -0.2) is 4.39 Å². The first-order valence-electron chi connectivity index (χ1n) is 6.31. The van der Waals surface area contributed by atoms with Gasteiger partial charge in [0, 0.05) is 12.6 Å². The summed E-state index contributed by atoms with van der Waals surface area (Å²) in [4.78, 5) is 2.21. The molecule has 1 aromatic carbocycles. The van der Waals surface area contributed by atoms with Gasteiger partial charge in [-0.3, -0.25) is 4.90 Å². The van der Waals surface area contributed by atoms with Gasteiger partial charge in [-0.05, 0) is 32.0 Å². The van der Waals surface area contributed by atoms with E-state index in [0.717, 1.165) is 44.1 Å². The van der Waals surface area contributed by atoms with Crippen LogP contribution in [0.3, 0.4) is 0 Å². The molecule has 1 heterocycles. The number of benzene rings is 1. The number of halogens is 4. The first-order valence-corrected chi connectivity index (χ1v) is 6.31. The van der Waals surface area contributed by atoms with Gasteiger partial charge < -0.3 is 17.7 Å². The molecule has 0 amide bonds. The van der Waals surface area contributed by atoms with Crippen LogP contribution in [-0.2, 0) is 0 Å². The van der Waals surface area contributed by atoms with Crippen molar-refractivity contribution in [2.45, 2.75) is 12.8 Å². The van der Waals surface area contributed by atoms with E-state index in [1.165, 1.54) is 0 Å². The summed E-state index contributed by atoms with van der Waals surface area (Å²) in [6, 6.07) is 2.70. The van der Waals surface area contributed by atoms with Crippen LogP contribution >= 0.6 is 0 Å². The Morgan fingerprint density at radius 3 is 2.35 bits per heavy atom. The first kappa shape index (κ1) is 18.5. The van der Waals surface area contributed by atoms with Crippen LogP contribution in [0.1, 0.15) is 12.8 Å². The maximum atomic E-state index is 13.3. The molecule has 1 aromatic rings. The Morgan fingerprint density at radius 2 is 1.80 bits per heavy atom. The van der Waals surface area contributed by atoms with E-state index in [2.05, 4.69) is 4.90 Å². The van der Waals surface area contributed by atoms with Gasteiger partial charge >= 0.3 is 58.4 Å². The fraction of sp³-hybridized carbons (Fsp3) is 0.500. The minimum Gasteiger partial charge on any atom is -0.492 e. The van der Waals surface area contributed by atoms with Gasteiger partial charge in [-0.2, -0.15) is 0 Å². The number of likely N-dealkylation sites (tertiary alicyclic amines) is 1. The van der Waals surface area contributed by atoms with Crippen molar-refractivity contribution in [3.05, 3.63) is 24.0 Å². The largest absolute Gasteiger partial charge is 1.00 e. The molecule has 2 rings (SSSR count). The monoisotopic (exact) mass is 315 g/mol. The molecule has 0 N–H and O–H groups in total. The van der Waals surface area contributed by atoms with Gasteiger partial charge in [-0.1, -0.05) is 11.5 Å². The molecule has 8 heteroatoms. The Kier molecular flexibility index (Phi) is 7.51. The van der Waals surface area contributed by atoms with E-state index in [4.69, 9.17) is 4.74 Å². The smallest absolute Gasteiger partial charge is 0.492 e. The van der Waals surface area contributed by atoms with E-state index in [1.807, 2.05) is 0 Å². The van der Waals surface area contributed by atoms with E-state index in [0.29, 0.717) is 13.2 Å². The number of nitrogens with zero attached hydrogens (tertiary/aromatic N) is 1. The third kappa shape index (κ3) is 5.31. The van der Waals surface area contributed by atoms with E-state index in [1.54, 1.807) is 0 Å². The first-order chi connectivity index (χ1) is 8.97. The van der Waals surface area contributed by atoms with Crippen molar-refractivity contribution in [1.82, 2.24) is 4.90 Å². The molecule has 20 heavy (non-hydrogen) atoms.